The first-order valence-electron chi connectivity index (χ1n) is 6.35. The Hall–Kier alpha value is -2.35. The Balaban J connectivity index is 2.31. The van der Waals surface area contributed by atoms with Gasteiger partial charge in [-0.25, -0.2) is 0 Å². The van der Waals surface area contributed by atoms with Gasteiger partial charge in [0.1, 0.15) is 0 Å². The molecule has 0 aliphatic carbocycles. The van der Waals surface area contributed by atoms with Crippen molar-refractivity contribution in [2.45, 2.75) is 13.8 Å². The molecule has 0 saturated heterocycles. The Labute approximate surface area is 111 Å². The standard InChI is InChI=1S/C17H15NO/c1-11-8-14-10-15(13-6-4-3-5-7-13)17(19)18-16(14)9-12(11)2/h3-10H,1-2H3,(H,18,19). The third-order valence-corrected chi connectivity index (χ3v) is 3.54. The highest BCUT2D eigenvalue weighted by Gasteiger charge is 2.06. The minimum atomic E-state index is -0.0399. The van der Waals surface area contributed by atoms with Gasteiger partial charge in [0.15, 0.2) is 0 Å². The van der Waals surface area contributed by atoms with Crippen LogP contribution in [0.25, 0.3) is 22.0 Å². The zero-order chi connectivity index (χ0) is 13.4. The summed E-state index contributed by atoms with van der Waals surface area (Å²) in [6.45, 7) is 4.14. The molecule has 94 valence electrons. The number of fused-ring (bicyclic) bond motifs is 1. The van der Waals surface area contributed by atoms with Crippen LogP contribution in [0, 0.1) is 13.8 Å². The summed E-state index contributed by atoms with van der Waals surface area (Å²) in [5.41, 5.74) is 4.95. The molecule has 1 N–H and O–H groups in total. The number of pyridine rings is 1. The van der Waals surface area contributed by atoms with Gasteiger partial charge in [-0.3, -0.25) is 4.79 Å². The van der Waals surface area contributed by atoms with E-state index in [4.69, 9.17) is 0 Å². The van der Waals surface area contributed by atoms with Crippen LogP contribution < -0.4 is 5.56 Å². The molecule has 3 rings (SSSR count). The van der Waals surface area contributed by atoms with Gasteiger partial charge in [-0.2, -0.15) is 0 Å². The number of benzene rings is 2. The lowest BCUT2D eigenvalue weighted by molar-refractivity contribution is 1.28. The van der Waals surface area contributed by atoms with Crippen molar-refractivity contribution >= 4 is 10.9 Å². The first-order chi connectivity index (χ1) is 9.15. The minimum Gasteiger partial charge on any atom is -0.321 e. The molecule has 0 bridgehead atoms. The van der Waals surface area contributed by atoms with Crippen molar-refractivity contribution in [1.82, 2.24) is 4.98 Å². The van der Waals surface area contributed by atoms with Crippen LogP contribution in [0.5, 0.6) is 0 Å². The van der Waals surface area contributed by atoms with Crippen molar-refractivity contribution in [3.8, 4) is 11.1 Å². The Morgan fingerprint density at radius 3 is 2.32 bits per heavy atom. The summed E-state index contributed by atoms with van der Waals surface area (Å²) in [5.74, 6) is 0. The van der Waals surface area contributed by atoms with E-state index in [9.17, 15) is 4.79 Å². The fraction of sp³-hybridized carbons (Fsp3) is 0.118. The van der Waals surface area contributed by atoms with Crippen LogP contribution in [-0.4, -0.2) is 4.98 Å². The van der Waals surface area contributed by atoms with Crippen LogP contribution in [0.4, 0.5) is 0 Å². The van der Waals surface area contributed by atoms with Crippen LogP contribution in [-0.2, 0) is 0 Å². The smallest absolute Gasteiger partial charge is 0.256 e. The van der Waals surface area contributed by atoms with Crippen LogP contribution in [0.3, 0.4) is 0 Å². The first-order valence-corrected chi connectivity index (χ1v) is 6.35. The maximum atomic E-state index is 12.2. The number of H-pyrrole nitrogens is 1. The molecule has 2 aromatic carbocycles. The lowest BCUT2D eigenvalue weighted by atomic mass is 10.0. The first kappa shape index (κ1) is 11.7. The molecule has 1 heterocycles. The molecule has 0 saturated carbocycles. The fourth-order valence-electron chi connectivity index (χ4n) is 2.31. The summed E-state index contributed by atoms with van der Waals surface area (Å²) in [6, 6.07) is 15.9. The van der Waals surface area contributed by atoms with E-state index in [1.54, 1.807) is 0 Å². The van der Waals surface area contributed by atoms with Gasteiger partial charge in [-0.05, 0) is 54.1 Å². The lowest BCUT2D eigenvalue weighted by Crippen LogP contribution is -2.08. The third-order valence-electron chi connectivity index (χ3n) is 3.54. The molecule has 0 atom stereocenters. The maximum Gasteiger partial charge on any atom is 0.256 e. The Kier molecular flexibility index (Phi) is 2.71. The third kappa shape index (κ3) is 2.06. The predicted octanol–water partition coefficient (Wildman–Crippen LogP) is 3.81. The minimum absolute atomic E-state index is 0.0399. The summed E-state index contributed by atoms with van der Waals surface area (Å²) in [7, 11) is 0. The van der Waals surface area contributed by atoms with Gasteiger partial charge in [0.2, 0.25) is 0 Å². The van der Waals surface area contributed by atoms with Crippen molar-refractivity contribution in [1.29, 1.82) is 0 Å². The van der Waals surface area contributed by atoms with E-state index in [0.717, 1.165) is 22.0 Å². The number of aromatic nitrogens is 1. The molecular weight excluding hydrogens is 234 g/mol. The lowest BCUT2D eigenvalue weighted by Gasteiger charge is -2.06. The van der Waals surface area contributed by atoms with E-state index in [1.165, 1.54) is 11.1 Å². The summed E-state index contributed by atoms with van der Waals surface area (Å²) in [4.78, 5) is 15.1. The topological polar surface area (TPSA) is 32.9 Å². The highest BCUT2D eigenvalue weighted by molar-refractivity contribution is 5.84. The van der Waals surface area contributed by atoms with Crippen LogP contribution >= 0.6 is 0 Å². The van der Waals surface area contributed by atoms with Gasteiger partial charge in [0.05, 0.1) is 0 Å². The molecule has 0 amide bonds. The van der Waals surface area contributed by atoms with E-state index < -0.39 is 0 Å². The van der Waals surface area contributed by atoms with Gasteiger partial charge in [0, 0.05) is 11.1 Å². The van der Waals surface area contributed by atoms with E-state index in [2.05, 4.69) is 24.9 Å². The molecule has 0 aliphatic heterocycles. The Morgan fingerprint density at radius 2 is 1.58 bits per heavy atom. The molecule has 0 fully saturated rings. The number of hydrogen-bond acceptors (Lipinski definition) is 1. The van der Waals surface area contributed by atoms with Crippen molar-refractivity contribution in [3.05, 3.63) is 70.0 Å². The molecule has 0 unspecified atom stereocenters. The van der Waals surface area contributed by atoms with Crippen molar-refractivity contribution < 1.29 is 0 Å². The molecule has 0 aliphatic rings. The van der Waals surface area contributed by atoms with Gasteiger partial charge >= 0.3 is 0 Å². The summed E-state index contributed by atoms with van der Waals surface area (Å²) >= 11 is 0. The second-order valence-electron chi connectivity index (χ2n) is 4.90. The van der Waals surface area contributed by atoms with E-state index in [0.29, 0.717) is 0 Å². The van der Waals surface area contributed by atoms with Crippen LogP contribution in [0.2, 0.25) is 0 Å². The maximum absolute atomic E-state index is 12.2. The summed E-state index contributed by atoms with van der Waals surface area (Å²) in [5, 5.41) is 1.07. The second kappa shape index (κ2) is 4.39. The molecule has 2 nitrogen and oxygen atoms in total. The Bertz CT molecular complexity index is 801. The second-order valence-corrected chi connectivity index (χ2v) is 4.90. The number of nitrogens with one attached hydrogen (secondary N) is 1. The average molecular weight is 249 g/mol. The molecular formula is C17H15NO. The predicted molar refractivity (Wildman–Crippen MR) is 79.5 cm³/mol. The number of hydrogen-bond donors (Lipinski definition) is 1. The van der Waals surface area contributed by atoms with Crippen LogP contribution in [0.1, 0.15) is 11.1 Å². The molecule has 1 aromatic heterocycles. The molecule has 3 aromatic rings. The molecule has 2 heteroatoms. The molecule has 0 radical (unpaired) electrons. The largest absolute Gasteiger partial charge is 0.321 e. The molecule has 0 spiro atoms. The van der Waals surface area contributed by atoms with E-state index >= 15 is 0 Å². The van der Waals surface area contributed by atoms with E-state index in [-0.39, 0.29) is 5.56 Å². The SMILES string of the molecule is Cc1cc2cc(-c3ccccc3)c(=O)[nH]c2cc1C. The van der Waals surface area contributed by atoms with Crippen molar-refractivity contribution in [2.75, 3.05) is 0 Å². The van der Waals surface area contributed by atoms with Crippen molar-refractivity contribution in [3.63, 3.8) is 0 Å². The van der Waals surface area contributed by atoms with E-state index in [1.807, 2.05) is 42.5 Å². The number of rotatable bonds is 1. The van der Waals surface area contributed by atoms with Crippen LogP contribution in [0.15, 0.2) is 53.3 Å². The van der Waals surface area contributed by atoms with Gasteiger partial charge in [-0.1, -0.05) is 30.3 Å². The normalized spacial score (nSPS) is 10.8. The zero-order valence-corrected chi connectivity index (χ0v) is 11.0. The monoisotopic (exact) mass is 249 g/mol. The quantitative estimate of drug-likeness (QED) is 0.699. The highest BCUT2D eigenvalue weighted by atomic mass is 16.1. The Morgan fingerprint density at radius 1 is 0.895 bits per heavy atom. The van der Waals surface area contributed by atoms with Crippen molar-refractivity contribution in [2.24, 2.45) is 0 Å². The average Bonchev–Trinajstić information content (AvgIpc) is 2.41. The van der Waals surface area contributed by atoms with Gasteiger partial charge < -0.3 is 4.98 Å². The summed E-state index contributed by atoms with van der Waals surface area (Å²) in [6.07, 6.45) is 0. The number of aromatic amines is 1. The van der Waals surface area contributed by atoms with Gasteiger partial charge in [0.25, 0.3) is 5.56 Å². The number of aryl methyl sites for hydroxylation is 2. The van der Waals surface area contributed by atoms with Gasteiger partial charge in [-0.15, -0.1) is 0 Å². The molecule has 19 heavy (non-hydrogen) atoms. The fourth-order valence-corrected chi connectivity index (χ4v) is 2.31. The zero-order valence-electron chi connectivity index (χ0n) is 11.0. The highest BCUT2D eigenvalue weighted by Crippen LogP contribution is 2.21. The summed E-state index contributed by atoms with van der Waals surface area (Å²) < 4.78 is 0.